The lowest BCUT2D eigenvalue weighted by Gasteiger charge is -2.08. The summed E-state index contributed by atoms with van der Waals surface area (Å²) in [5, 5.41) is 1.65. The molecule has 0 unspecified atom stereocenters. The van der Waals surface area contributed by atoms with E-state index in [9.17, 15) is 0 Å². The second-order valence-electron chi connectivity index (χ2n) is 3.55. The Labute approximate surface area is 100 Å². The number of benzene rings is 1. The van der Waals surface area contributed by atoms with Crippen molar-refractivity contribution in [1.29, 1.82) is 0 Å². The van der Waals surface area contributed by atoms with E-state index in [0.717, 1.165) is 28.6 Å². The molecule has 0 radical (unpaired) electrons. The van der Waals surface area contributed by atoms with E-state index in [2.05, 4.69) is 18.0 Å². The van der Waals surface area contributed by atoms with E-state index in [-0.39, 0.29) is 0 Å². The van der Waals surface area contributed by atoms with Crippen molar-refractivity contribution in [2.45, 2.75) is 20.3 Å². The van der Waals surface area contributed by atoms with E-state index in [1.807, 2.05) is 25.1 Å². The number of ether oxygens (including phenoxy) is 1. The summed E-state index contributed by atoms with van der Waals surface area (Å²) in [7, 11) is 0. The summed E-state index contributed by atoms with van der Waals surface area (Å²) >= 11 is 6.11. The topological polar surface area (TPSA) is 22.1 Å². The van der Waals surface area contributed by atoms with Crippen molar-refractivity contribution in [3.05, 3.63) is 35.0 Å². The van der Waals surface area contributed by atoms with Crippen molar-refractivity contribution in [2.24, 2.45) is 0 Å². The number of aryl methyl sites for hydroxylation is 1. The van der Waals surface area contributed by atoms with E-state index in [1.54, 1.807) is 0 Å². The summed E-state index contributed by atoms with van der Waals surface area (Å²) in [6.45, 7) is 4.66. The molecule has 0 aliphatic rings. The Morgan fingerprint density at radius 1 is 1.31 bits per heavy atom. The molecule has 0 spiro atoms. The number of hydrogen-bond donors (Lipinski definition) is 0. The van der Waals surface area contributed by atoms with Gasteiger partial charge in [0.15, 0.2) is 0 Å². The van der Waals surface area contributed by atoms with Gasteiger partial charge in [-0.05, 0) is 31.0 Å². The predicted octanol–water partition coefficient (Wildman–Crippen LogP) is 3.85. The Morgan fingerprint density at radius 2 is 2.12 bits per heavy atom. The lowest BCUT2D eigenvalue weighted by Crippen LogP contribution is -1.95. The number of hydrogen-bond acceptors (Lipinski definition) is 2. The van der Waals surface area contributed by atoms with Crippen LogP contribution >= 0.6 is 11.6 Å². The summed E-state index contributed by atoms with van der Waals surface area (Å²) in [6.07, 6.45) is 0.890. The molecule has 2 nitrogen and oxygen atoms in total. The molecule has 0 aliphatic heterocycles. The van der Waals surface area contributed by atoms with Gasteiger partial charge in [0.05, 0.1) is 6.61 Å². The summed E-state index contributed by atoms with van der Waals surface area (Å²) in [6, 6.07) is 8.00. The zero-order chi connectivity index (χ0) is 11.5. The molecule has 0 saturated heterocycles. The molecule has 2 rings (SSSR count). The lowest BCUT2D eigenvalue weighted by atomic mass is 10.1. The first-order chi connectivity index (χ1) is 7.76. The van der Waals surface area contributed by atoms with Gasteiger partial charge in [-0.2, -0.15) is 0 Å². The second kappa shape index (κ2) is 4.71. The van der Waals surface area contributed by atoms with E-state index in [4.69, 9.17) is 16.3 Å². The zero-order valence-corrected chi connectivity index (χ0v) is 10.2. The molecular weight excluding hydrogens is 222 g/mol. The molecule has 0 bridgehead atoms. The third kappa shape index (κ3) is 1.98. The molecule has 1 heterocycles. The Hall–Kier alpha value is -1.28. The molecule has 0 N–H and O–H groups in total. The molecule has 16 heavy (non-hydrogen) atoms. The highest BCUT2D eigenvalue weighted by molar-refractivity contribution is 6.30. The van der Waals surface area contributed by atoms with Gasteiger partial charge >= 0.3 is 0 Å². The summed E-state index contributed by atoms with van der Waals surface area (Å²) in [4.78, 5) is 4.41. The average molecular weight is 236 g/mol. The fraction of sp³-hybridized carbons (Fsp3) is 0.308. The zero-order valence-electron chi connectivity index (χ0n) is 9.46. The second-order valence-corrected chi connectivity index (χ2v) is 3.91. The van der Waals surface area contributed by atoms with Crippen molar-refractivity contribution in [1.82, 2.24) is 4.98 Å². The van der Waals surface area contributed by atoms with E-state index >= 15 is 0 Å². The largest absolute Gasteiger partial charge is 0.492 e. The van der Waals surface area contributed by atoms with Gasteiger partial charge in [0.2, 0.25) is 0 Å². The third-order valence-corrected chi connectivity index (χ3v) is 2.84. The third-order valence-electron chi connectivity index (χ3n) is 2.52. The van der Waals surface area contributed by atoms with Crippen molar-refractivity contribution in [2.75, 3.05) is 6.61 Å². The minimum absolute atomic E-state index is 0.571. The van der Waals surface area contributed by atoms with E-state index in [1.165, 1.54) is 0 Å². The van der Waals surface area contributed by atoms with Crippen molar-refractivity contribution < 1.29 is 4.74 Å². The van der Waals surface area contributed by atoms with Crippen LogP contribution < -0.4 is 4.74 Å². The van der Waals surface area contributed by atoms with Crippen LogP contribution in [0.15, 0.2) is 24.3 Å². The molecule has 1 aromatic carbocycles. The van der Waals surface area contributed by atoms with Crippen LogP contribution in [0.1, 0.15) is 19.4 Å². The summed E-state index contributed by atoms with van der Waals surface area (Å²) in [5.41, 5.74) is 1.91. The molecule has 84 valence electrons. The van der Waals surface area contributed by atoms with E-state index in [0.29, 0.717) is 11.8 Å². The Morgan fingerprint density at radius 3 is 2.81 bits per heavy atom. The molecule has 0 aliphatic carbocycles. The average Bonchev–Trinajstić information content (AvgIpc) is 2.29. The highest BCUT2D eigenvalue weighted by atomic mass is 35.5. The van der Waals surface area contributed by atoms with Gasteiger partial charge in [-0.25, -0.2) is 4.98 Å². The van der Waals surface area contributed by atoms with Gasteiger partial charge in [-0.3, -0.25) is 0 Å². The minimum Gasteiger partial charge on any atom is -0.492 e. The van der Waals surface area contributed by atoms with Crippen molar-refractivity contribution >= 4 is 22.5 Å². The first-order valence-electron chi connectivity index (χ1n) is 5.47. The maximum Gasteiger partial charge on any atom is 0.145 e. The van der Waals surface area contributed by atoms with Crippen LogP contribution in [0.3, 0.4) is 0 Å². The number of pyridine rings is 1. The first-order valence-corrected chi connectivity index (χ1v) is 5.85. The maximum atomic E-state index is 6.11. The van der Waals surface area contributed by atoms with Crippen molar-refractivity contribution in [3.8, 4) is 5.75 Å². The first kappa shape index (κ1) is 11.2. The summed E-state index contributed by atoms with van der Waals surface area (Å²) in [5.74, 6) is 0.796. The molecular formula is C13H14ClNO. The molecule has 0 atom stereocenters. The molecule has 0 saturated carbocycles. The number of nitrogens with zero attached hydrogens (tertiary/aromatic N) is 1. The van der Waals surface area contributed by atoms with Crippen LogP contribution in [-0.4, -0.2) is 11.6 Å². The Kier molecular flexibility index (Phi) is 3.30. The SMILES string of the molecule is CCOc1cccc2cc(CC)c(Cl)nc12. The highest BCUT2D eigenvalue weighted by Gasteiger charge is 2.07. The highest BCUT2D eigenvalue weighted by Crippen LogP contribution is 2.27. The molecule has 0 fully saturated rings. The lowest BCUT2D eigenvalue weighted by molar-refractivity contribution is 0.343. The fourth-order valence-corrected chi connectivity index (χ4v) is 1.99. The van der Waals surface area contributed by atoms with Crippen LogP contribution in [0.5, 0.6) is 5.75 Å². The Balaban J connectivity index is 2.64. The van der Waals surface area contributed by atoms with Crippen LogP contribution in [0.2, 0.25) is 5.15 Å². The fourth-order valence-electron chi connectivity index (χ4n) is 1.71. The van der Waals surface area contributed by atoms with Crippen LogP contribution in [0, 0.1) is 0 Å². The smallest absolute Gasteiger partial charge is 0.145 e. The standard InChI is InChI=1S/C13H14ClNO/c1-3-9-8-10-6-5-7-11(16-4-2)12(10)15-13(9)14/h5-8H,3-4H2,1-2H3. The van der Waals surface area contributed by atoms with Crippen LogP contribution in [0.4, 0.5) is 0 Å². The number of halogens is 1. The van der Waals surface area contributed by atoms with Crippen LogP contribution in [0.25, 0.3) is 10.9 Å². The number of fused-ring (bicyclic) bond motifs is 1. The van der Waals surface area contributed by atoms with Gasteiger partial charge in [-0.1, -0.05) is 30.7 Å². The monoisotopic (exact) mass is 235 g/mol. The van der Waals surface area contributed by atoms with E-state index < -0.39 is 0 Å². The predicted molar refractivity (Wildman–Crippen MR) is 67.3 cm³/mol. The van der Waals surface area contributed by atoms with Gasteiger partial charge in [0.25, 0.3) is 0 Å². The molecule has 2 aromatic rings. The number of para-hydroxylation sites is 1. The maximum absolute atomic E-state index is 6.11. The van der Waals surface area contributed by atoms with Gasteiger partial charge in [0.1, 0.15) is 16.4 Å². The minimum atomic E-state index is 0.571. The normalized spacial score (nSPS) is 10.7. The number of rotatable bonds is 3. The summed E-state index contributed by atoms with van der Waals surface area (Å²) < 4.78 is 5.53. The quantitative estimate of drug-likeness (QED) is 0.754. The van der Waals surface area contributed by atoms with Crippen LogP contribution in [-0.2, 0) is 6.42 Å². The van der Waals surface area contributed by atoms with Gasteiger partial charge in [-0.15, -0.1) is 0 Å². The number of aromatic nitrogens is 1. The molecule has 3 heteroatoms. The molecule has 1 aromatic heterocycles. The van der Waals surface area contributed by atoms with Crippen molar-refractivity contribution in [3.63, 3.8) is 0 Å². The Bertz CT molecular complexity index is 511. The van der Waals surface area contributed by atoms with Gasteiger partial charge < -0.3 is 4.74 Å². The molecule has 0 amide bonds. The van der Waals surface area contributed by atoms with Gasteiger partial charge in [0, 0.05) is 5.39 Å².